The van der Waals surface area contributed by atoms with E-state index in [2.05, 4.69) is 164 Å². The summed E-state index contributed by atoms with van der Waals surface area (Å²) in [5, 5.41) is 7.62. The van der Waals surface area contributed by atoms with Crippen molar-refractivity contribution in [2.75, 3.05) is 0 Å². The van der Waals surface area contributed by atoms with Crippen LogP contribution in [0.4, 0.5) is 0 Å². The number of ether oxygens (including phenoxy) is 1. The number of allylic oxidation sites excluding steroid dienone is 2. The van der Waals surface area contributed by atoms with E-state index in [-0.39, 0.29) is 5.41 Å². The highest BCUT2D eigenvalue weighted by molar-refractivity contribution is 6.09. The lowest BCUT2D eigenvalue weighted by atomic mass is 9.67. The number of benzene rings is 3. The molecule has 0 N–H and O–H groups in total. The molecule has 0 bridgehead atoms. The second-order valence-corrected chi connectivity index (χ2v) is 17.0. The van der Waals surface area contributed by atoms with Gasteiger partial charge in [-0.25, -0.2) is 9.67 Å². The third-order valence-corrected chi connectivity index (χ3v) is 11.4. The number of rotatable bonds is 8. The minimum absolute atomic E-state index is 0.00997. The normalized spacial score (nSPS) is 16.8. The van der Waals surface area contributed by atoms with Gasteiger partial charge in [-0.2, -0.15) is 5.10 Å². The average molecular weight is 693 g/mol. The molecule has 6 aromatic rings. The van der Waals surface area contributed by atoms with Crippen LogP contribution in [-0.2, 0) is 5.41 Å². The van der Waals surface area contributed by atoms with E-state index in [0.717, 1.165) is 39.7 Å². The SMILES string of the molecule is Cc1nn(-c2cc(Oc3ccc4c5ccccc5n(-c5cc(C(C)(C)C)ccn5)c4c3)cc(C(C)C)c2)c(C)c1[C@H]1C(C(C)C)=CCCC1C(C)C. The molecular weight excluding hydrogens is 637 g/mol. The fourth-order valence-corrected chi connectivity index (χ4v) is 8.56. The maximum Gasteiger partial charge on any atom is 0.137 e. The van der Waals surface area contributed by atoms with Crippen molar-refractivity contribution in [2.24, 2.45) is 17.8 Å². The molecule has 1 aliphatic rings. The highest BCUT2D eigenvalue weighted by Crippen LogP contribution is 2.47. The van der Waals surface area contributed by atoms with Crippen LogP contribution in [0.5, 0.6) is 11.5 Å². The van der Waals surface area contributed by atoms with Crippen LogP contribution in [0.3, 0.4) is 0 Å². The molecule has 0 saturated carbocycles. The van der Waals surface area contributed by atoms with Gasteiger partial charge in [-0.15, -0.1) is 0 Å². The number of hydrogen-bond acceptors (Lipinski definition) is 3. The smallest absolute Gasteiger partial charge is 0.137 e. The van der Waals surface area contributed by atoms with Gasteiger partial charge in [0, 0.05) is 46.3 Å². The van der Waals surface area contributed by atoms with E-state index < -0.39 is 0 Å². The molecule has 0 aliphatic heterocycles. The first-order valence-electron chi connectivity index (χ1n) is 19.3. The maximum absolute atomic E-state index is 6.81. The van der Waals surface area contributed by atoms with E-state index in [4.69, 9.17) is 14.8 Å². The van der Waals surface area contributed by atoms with Crippen LogP contribution < -0.4 is 4.74 Å². The quantitative estimate of drug-likeness (QED) is 0.149. The van der Waals surface area contributed by atoms with Crippen molar-refractivity contribution < 1.29 is 4.74 Å². The summed E-state index contributed by atoms with van der Waals surface area (Å²) in [6, 6.07) is 26.0. The third kappa shape index (κ3) is 6.48. The van der Waals surface area contributed by atoms with E-state index in [9.17, 15) is 0 Å². The summed E-state index contributed by atoms with van der Waals surface area (Å²) in [4.78, 5) is 4.87. The molecule has 1 aliphatic carbocycles. The van der Waals surface area contributed by atoms with Crippen molar-refractivity contribution in [3.8, 4) is 23.0 Å². The van der Waals surface area contributed by atoms with Crippen LogP contribution in [0.25, 0.3) is 33.3 Å². The van der Waals surface area contributed by atoms with E-state index in [1.807, 2.05) is 6.20 Å². The fourth-order valence-electron chi connectivity index (χ4n) is 8.56. The van der Waals surface area contributed by atoms with Crippen LogP contribution in [0, 0.1) is 31.6 Å². The first-order chi connectivity index (χ1) is 24.7. The van der Waals surface area contributed by atoms with Gasteiger partial charge in [-0.1, -0.05) is 92.2 Å². The van der Waals surface area contributed by atoms with Gasteiger partial charge in [0.25, 0.3) is 0 Å². The largest absolute Gasteiger partial charge is 0.457 e. The summed E-state index contributed by atoms with van der Waals surface area (Å²) >= 11 is 0. The number of nitrogens with zero attached hydrogens (tertiary/aromatic N) is 4. The summed E-state index contributed by atoms with van der Waals surface area (Å²) in [5.41, 5.74) is 11.1. The van der Waals surface area contributed by atoms with Crippen molar-refractivity contribution in [1.29, 1.82) is 0 Å². The van der Waals surface area contributed by atoms with Crippen LogP contribution in [-0.4, -0.2) is 19.3 Å². The van der Waals surface area contributed by atoms with Crippen molar-refractivity contribution >= 4 is 21.8 Å². The van der Waals surface area contributed by atoms with Crippen molar-refractivity contribution in [3.63, 3.8) is 0 Å². The monoisotopic (exact) mass is 692 g/mol. The van der Waals surface area contributed by atoms with Crippen molar-refractivity contribution in [2.45, 2.75) is 106 Å². The Morgan fingerprint density at radius 2 is 1.54 bits per heavy atom. The topological polar surface area (TPSA) is 44.9 Å². The van der Waals surface area contributed by atoms with Gasteiger partial charge in [-0.05, 0) is 109 Å². The Kier molecular flexibility index (Phi) is 9.44. The molecule has 0 amide bonds. The molecule has 3 aromatic carbocycles. The predicted molar refractivity (Wildman–Crippen MR) is 218 cm³/mol. The zero-order valence-electron chi connectivity index (χ0n) is 33.1. The van der Waals surface area contributed by atoms with Crippen LogP contribution in [0.1, 0.15) is 115 Å². The zero-order chi connectivity index (χ0) is 37.1. The maximum atomic E-state index is 6.81. The van der Waals surface area contributed by atoms with Gasteiger partial charge >= 0.3 is 0 Å². The van der Waals surface area contributed by atoms with E-state index in [1.54, 1.807) is 5.57 Å². The van der Waals surface area contributed by atoms with Crippen LogP contribution >= 0.6 is 0 Å². The molecule has 52 heavy (non-hydrogen) atoms. The molecular formula is C47H56N4O. The zero-order valence-corrected chi connectivity index (χ0v) is 33.1. The second-order valence-electron chi connectivity index (χ2n) is 17.0. The molecule has 0 spiro atoms. The molecule has 0 fully saturated rings. The number of fused-ring (bicyclic) bond motifs is 3. The predicted octanol–water partition coefficient (Wildman–Crippen LogP) is 12.9. The Labute approximate surface area is 310 Å². The van der Waals surface area contributed by atoms with Gasteiger partial charge in [0.2, 0.25) is 0 Å². The molecule has 2 atom stereocenters. The highest BCUT2D eigenvalue weighted by atomic mass is 16.5. The molecule has 3 heterocycles. The van der Waals surface area contributed by atoms with Gasteiger partial charge in [0.1, 0.15) is 17.3 Å². The first-order valence-corrected chi connectivity index (χ1v) is 19.3. The molecule has 270 valence electrons. The standard InChI is InChI=1S/C47H56N4O/c1-28(2)33-23-35(51-32(8)45(31(7)49-51)46-38(29(3)4)16-14-17-39(46)30(5)6)26-37(24-33)52-36-19-20-41-40-15-12-13-18-42(40)50(43(41)27-36)44-25-34(21-22-48-44)47(9,10)11/h12-13,15-16,18-30,39,46H,14,17H2,1-11H3/t39?,46-/m0/s1. The molecule has 0 saturated heterocycles. The first kappa shape index (κ1) is 35.7. The van der Waals surface area contributed by atoms with E-state index >= 15 is 0 Å². The van der Waals surface area contributed by atoms with E-state index in [1.165, 1.54) is 46.0 Å². The van der Waals surface area contributed by atoms with Gasteiger partial charge in [0.15, 0.2) is 0 Å². The lowest BCUT2D eigenvalue weighted by Crippen LogP contribution is -2.26. The minimum atomic E-state index is 0.00997. The Bertz CT molecular complexity index is 2290. The summed E-state index contributed by atoms with van der Waals surface area (Å²) in [6.45, 7) is 25.2. The lowest BCUT2D eigenvalue weighted by molar-refractivity contribution is 0.297. The highest BCUT2D eigenvalue weighted by Gasteiger charge is 2.36. The average Bonchev–Trinajstić information content (AvgIpc) is 3.59. The summed E-state index contributed by atoms with van der Waals surface area (Å²) in [5.74, 6) is 4.94. The number of hydrogen-bond donors (Lipinski definition) is 0. The van der Waals surface area contributed by atoms with Crippen molar-refractivity contribution in [1.82, 2.24) is 19.3 Å². The van der Waals surface area contributed by atoms with Crippen LogP contribution in [0.15, 0.2) is 90.6 Å². The number of aryl methyl sites for hydroxylation is 1. The number of pyridine rings is 1. The Morgan fingerprint density at radius 1 is 0.788 bits per heavy atom. The van der Waals surface area contributed by atoms with Gasteiger partial charge in [-0.3, -0.25) is 4.57 Å². The van der Waals surface area contributed by atoms with Crippen molar-refractivity contribution in [3.05, 3.63) is 119 Å². The Hall–Kier alpha value is -4.64. The number of aromatic nitrogens is 4. The summed E-state index contributed by atoms with van der Waals surface area (Å²) in [6.07, 6.45) is 6.84. The molecule has 1 unspecified atom stereocenters. The Morgan fingerprint density at radius 3 is 2.25 bits per heavy atom. The second kappa shape index (κ2) is 13.7. The Balaban J connectivity index is 1.32. The minimum Gasteiger partial charge on any atom is -0.457 e. The van der Waals surface area contributed by atoms with Crippen LogP contribution in [0.2, 0.25) is 0 Å². The fraction of sp³-hybridized carbons (Fsp3) is 0.404. The molecule has 5 heteroatoms. The third-order valence-electron chi connectivity index (χ3n) is 11.4. The molecule has 0 radical (unpaired) electrons. The van der Waals surface area contributed by atoms with Gasteiger partial charge in [0.05, 0.1) is 22.4 Å². The lowest BCUT2D eigenvalue weighted by Gasteiger charge is -2.37. The van der Waals surface area contributed by atoms with Gasteiger partial charge < -0.3 is 4.74 Å². The molecule has 7 rings (SSSR count). The summed E-state index contributed by atoms with van der Waals surface area (Å²) in [7, 11) is 0. The summed E-state index contributed by atoms with van der Waals surface area (Å²) < 4.78 is 11.3. The number of para-hydroxylation sites is 1. The molecule has 5 nitrogen and oxygen atoms in total. The van der Waals surface area contributed by atoms with E-state index in [0.29, 0.717) is 29.6 Å². The molecule has 3 aromatic heterocycles.